The molecule has 33 heavy (non-hydrogen) atoms. The molecule has 2 amide bonds. The Balaban J connectivity index is 1.46. The third-order valence-corrected chi connectivity index (χ3v) is 7.17. The van der Waals surface area contributed by atoms with Gasteiger partial charge < -0.3 is 15.0 Å². The number of esters is 1. The second-order valence-corrected chi connectivity index (χ2v) is 9.45. The summed E-state index contributed by atoms with van der Waals surface area (Å²) in [5, 5.41) is 3.56. The number of fused-ring (bicyclic) bond motifs is 1. The van der Waals surface area contributed by atoms with E-state index in [1.54, 1.807) is 11.8 Å². The van der Waals surface area contributed by atoms with Crippen LogP contribution < -0.4 is 5.32 Å². The normalized spacial score (nSPS) is 16.8. The molecule has 2 aliphatic heterocycles. The number of thiophene rings is 1. The number of carbonyl (C=O) groups excluding carboxylic acids is 3. The van der Waals surface area contributed by atoms with Crippen LogP contribution in [0.1, 0.15) is 33.3 Å². The van der Waals surface area contributed by atoms with Crippen molar-refractivity contribution in [2.75, 3.05) is 51.2 Å². The monoisotopic (exact) mass is 470 g/mol. The molecule has 0 spiro atoms. The van der Waals surface area contributed by atoms with Gasteiger partial charge in [0, 0.05) is 50.7 Å². The second kappa shape index (κ2) is 10.9. The van der Waals surface area contributed by atoms with Gasteiger partial charge in [-0.3, -0.25) is 19.4 Å². The van der Waals surface area contributed by atoms with Crippen LogP contribution in [0.15, 0.2) is 30.3 Å². The molecular formula is C24H30N4O4S. The van der Waals surface area contributed by atoms with Crippen LogP contribution in [0.25, 0.3) is 0 Å². The lowest BCUT2D eigenvalue weighted by Gasteiger charge is -2.31. The van der Waals surface area contributed by atoms with Crippen molar-refractivity contribution in [3.8, 4) is 0 Å². The van der Waals surface area contributed by atoms with E-state index >= 15 is 0 Å². The van der Waals surface area contributed by atoms with Crippen molar-refractivity contribution >= 4 is 34.6 Å². The summed E-state index contributed by atoms with van der Waals surface area (Å²) in [6.45, 7) is 7.31. The topological polar surface area (TPSA) is 82.2 Å². The molecule has 176 valence electrons. The fraction of sp³-hybridized carbons (Fsp3) is 0.458. The number of hydrogen-bond acceptors (Lipinski definition) is 7. The van der Waals surface area contributed by atoms with Gasteiger partial charge in [0.2, 0.25) is 12.3 Å². The number of rotatable bonds is 8. The van der Waals surface area contributed by atoms with Gasteiger partial charge in [-0.05, 0) is 24.5 Å². The van der Waals surface area contributed by atoms with E-state index in [1.165, 1.54) is 16.9 Å². The molecule has 0 aliphatic carbocycles. The third-order valence-electron chi connectivity index (χ3n) is 6.04. The zero-order valence-electron chi connectivity index (χ0n) is 18.9. The van der Waals surface area contributed by atoms with Gasteiger partial charge in [-0.1, -0.05) is 30.3 Å². The number of carbonyl (C=O) groups is 3. The molecule has 8 nitrogen and oxygen atoms in total. The number of amides is 2. The maximum absolute atomic E-state index is 12.8. The molecule has 1 saturated heterocycles. The van der Waals surface area contributed by atoms with Gasteiger partial charge in [-0.2, -0.15) is 0 Å². The quantitative estimate of drug-likeness (QED) is 0.471. The van der Waals surface area contributed by atoms with Crippen LogP contribution in [-0.4, -0.2) is 78.9 Å². The van der Waals surface area contributed by atoms with Gasteiger partial charge in [0.25, 0.3) is 0 Å². The average molecular weight is 471 g/mol. The number of ether oxygens (including phenoxy) is 1. The van der Waals surface area contributed by atoms with Crippen LogP contribution in [0.4, 0.5) is 5.00 Å². The average Bonchev–Trinajstić information content (AvgIpc) is 3.17. The maximum Gasteiger partial charge on any atom is 0.341 e. The Morgan fingerprint density at radius 3 is 2.55 bits per heavy atom. The smallest absolute Gasteiger partial charge is 0.341 e. The molecule has 1 fully saturated rings. The Morgan fingerprint density at radius 1 is 1.09 bits per heavy atom. The zero-order chi connectivity index (χ0) is 23.2. The SMILES string of the molecule is CCOC(=O)c1c(NC(=O)CN2CCN(C=O)CC2)sc2c1CCN(Cc1ccccc1)C2. The van der Waals surface area contributed by atoms with Gasteiger partial charge in [-0.25, -0.2) is 4.79 Å². The number of piperazine rings is 1. The predicted octanol–water partition coefficient (Wildman–Crippen LogP) is 2.20. The van der Waals surface area contributed by atoms with Gasteiger partial charge in [0.15, 0.2) is 0 Å². The Morgan fingerprint density at radius 2 is 1.85 bits per heavy atom. The number of benzene rings is 1. The van der Waals surface area contributed by atoms with E-state index in [1.807, 2.05) is 23.1 Å². The molecule has 0 atom stereocenters. The molecule has 4 rings (SSSR count). The van der Waals surface area contributed by atoms with Crippen LogP contribution in [0.2, 0.25) is 0 Å². The van der Waals surface area contributed by atoms with Crippen molar-refractivity contribution in [2.24, 2.45) is 0 Å². The van der Waals surface area contributed by atoms with Crippen LogP contribution in [0, 0.1) is 0 Å². The zero-order valence-corrected chi connectivity index (χ0v) is 19.7. The minimum absolute atomic E-state index is 0.153. The van der Waals surface area contributed by atoms with E-state index in [0.29, 0.717) is 36.7 Å². The van der Waals surface area contributed by atoms with Crippen LogP contribution in [0.3, 0.4) is 0 Å². The highest BCUT2D eigenvalue weighted by atomic mass is 32.1. The summed E-state index contributed by atoms with van der Waals surface area (Å²) < 4.78 is 5.33. The fourth-order valence-corrected chi connectivity index (χ4v) is 5.63. The highest BCUT2D eigenvalue weighted by Gasteiger charge is 2.30. The van der Waals surface area contributed by atoms with E-state index in [4.69, 9.17) is 4.74 Å². The standard InChI is InChI=1S/C24H30N4O4S/c1-2-32-24(31)22-19-8-9-28(14-18-6-4-3-5-7-18)15-20(19)33-23(22)25-21(30)16-26-10-12-27(17-29)13-11-26/h3-7,17H,2,8-16H2,1H3,(H,25,30). The van der Waals surface area contributed by atoms with Crippen LogP contribution in [0.5, 0.6) is 0 Å². The van der Waals surface area contributed by atoms with Gasteiger partial charge in [-0.15, -0.1) is 11.3 Å². The molecule has 1 aromatic heterocycles. The largest absolute Gasteiger partial charge is 0.462 e. The first-order chi connectivity index (χ1) is 16.1. The molecule has 1 N–H and O–H groups in total. The maximum atomic E-state index is 12.8. The van der Waals surface area contributed by atoms with E-state index in [2.05, 4.69) is 22.3 Å². The van der Waals surface area contributed by atoms with E-state index in [9.17, 15) is 14.4 Å². The van der Waals surface area contributed by atoms with Crippen molar-refractivity contribution in [3.63, 3.8) is 0 Å². The Kier molecular flexibility index (Phi) is 7.74. The molecule has 2 aliphatic rings. The summed E-state index contributed by atoms with van der Waals surface area (Å²) in [5.41, 5.74) is 2.76. The number of anilines is 1. The lowest BCUT2D eigenvalue weighted by atomic mass is 10.0. The highest BCUT2D eigenvalue weighted by Crippen LogP contribution is 2.38. The van der Waals surface area contributed by atoms with Gasteiger partial charge >= 0.3 is 5.97 Å². The van der Waals surface area contributed by atoms with Crippen molar-refractivity contribution in [1.29, 1.82) is 0 Å². The minimum Gasteiger partial charge on any atom is -0.462 e. The number of nitrogens with one attached hydrogen (secondary N) is 1. The Labute approximate surface area is 198 Å². The van der Waals surface area contributed by atoms with E-state index < -0.39 is 0 Å². The van der Waals surface area contributed by atoms with Crippen LogP contribution >= 0.6 is 11.3 Å². The third kappa shape index (κ3) is 5.79. The summed E-state index contributed by atoms with van der Waals surface area (Å²) in [7, 11) is 0. The van der Waals surface area contributed by atoms with E-state index in [0.717, 1.165) is 42.9 Å². The molecule has 1 aromatic carbocycles. The molecule has 0 unspecified atom stereocenters. The molecular weight excluding hydrogens is 440 g/mol. The molecule has 3 heterocycles. The van der Waals surface area contributed by atoms with Crippen molar-refractivity contribution < 1.29 is 19.1 Å². The number of nitrogens with zero attached hydrogens (tertiary/aromatic N) is 3. The molecule has 0 saturated carbocycles. The van der Waals surface area contributed by atoms with Crippen molar-refractivity contribution in [2.45, 2.75) is 26.4 Å². The van der Waals surface area contributed by atoms with Gasteiger partial charge in [0.05, 0.1) is 18.7 Å². The molecule has 2 aromatic rings. The summed E-state index contributed by atoms with van der Waals surface area (Å²) in [4.78, 5) is 43.7. The summed E-state index contributed by atoms with van der Waals surface area (Å²) in [6.07, 6.45) is 1.59. The number of hydrogen-bond donors (Lipinski definition) is 1. The summed E-state index contributed by atoms with van der Waals surface area (Å²) in [6, 6.07) is 10.3. The minimum atomic E-state index is -0.374. The first-order valence-corrected chi connectivity index (χ1v) is 12.2. The van der Waals surface area contributed by atoms with Crippen molar-refractivity contribution in [3.05, 3.63) is 51.9 Å². The molecule has 9 heteroatoms. The fourth-order valence-electron chi connectivity index (χ4n) is 4.34. The summed E-state index contributed by atoms with van der Waals surface area (Å²) >= 11 is 1.48. The van der Waals surface area contributed by atoms with Crippen LogP contribution in [-0.2, 0) is 33.8 Å². The first kappa shape index (κ1) is 23.4. The van der Waals surface area contributed by atoms with E-state index in [-0.39, 0.29) is 25.0 Å². The molecule has 0 bridgehead atoms. The van der Waals surface area contributed by atoms with Gasteiger partial charge in [0.1, 0.15) is 5.00 Å². The lowest BCUT2D eigenvalue weighted by Crippen LogP contribution is -2.48. The second-order valence-electron chi connectivity index (χ2n) is 8.34. The summed E-state index contributed by atoms with van der Waals surface area (Å²) in [5.74, 6) is -0.527. The Hall–Kier alpha value is -2.75. The van der Waals surface area contributed by atoms with Crippen molar-refractivity contribution in [1.82, 2.24) is 14.7 Å². The molecule has 0 radical (unpaired) electrons. The first-order valence-electron chi connectivity index (χ1n) is 11.4. The lowest BCUT2D eigenvalue weighted by molar-refractivity contribution is -0.120. The highest BCUT2D eigenvalue weighted by molar-refractivity contribution is 7.17. The Bertz CT molecular complexity index is 986. The predicted molar refractivity (Wildman–Crippen MR) is 127 cm³/mol.